The lowest BCUT2D eigenvalue weighted by molar-refractivity contribution is 0.325. The van der Waals surface area contributed by atoms with Crippen molar-refractivity contribution in [1.29, 1.82) is 0 Å². The monoisotopic (exact) mass is 241 g/mol. The van der Waals surface area contributed by atoms with Crippen LogP contribution < -0.4 is 5.73 Å². The molecule has 2 N–H and O–H groups in total. The molecule has 1 aromatic heterocycles. The normalized spacial score (nSPS) is 24.1. The van der Waals surface area contributed by atoms with Crippen LogP contribution in [0.1, 0.15) is 31.7 Å². The summed E-state index contributed by atoms with van der Waals surface area (Å²) >= 11 is 0. The average molecular weight is 241 g/mol. The van der Waals surface area contributed by atoms with Crippen LogP contribution in [0.25, 0.3) is 11.4 Å². The Bertz CT molecular complexity index is 495. The predicted molar refractivity (Wildman–Crippen MR) is 73.1 cm³/mol. The van der Waals surface area contributed by atoms with Gasteiger partial charge >= 0.3 is 0 Å². The second kappa shape index (κ2) is 4.94. The first kappa shape index (κ1) is 11.5. The van der Waals surface area contributed by atoms with E-state index in [4.69, 9.17) is 5.73 Å². The number of aromatic nitrogens is 2. The van der Waals surface area contributed by atoms with Crippen molar-refractivity contribution in [3.63, 3.8) is 0 Å². The van der Waals surface area contributed by atoms with Gasteiger partial charge in [-0.05, 0) is 25.7 Å². The van der Waals surface area contributed by atoms with E-state index in [0.29, 0.717) is 12.1 Å². The maximum absolute atomic E-state index is 5.97. The Labute approximate surface area is 108 Å². The first-order valence-electron chi connectivity index (χ1n) is 6.68. The Morgan fingerprint density at radius 2 is 1.78 bits per heavy atom. The molecule has 0 atom stereocenters. The van der Waals surface area contributed by atoms with Crippen LogP contribution in [0.3, 0.4) is 0 Å². The summed E-state index contributed by atoms with van der Waals surface area (Å²) in [6, 6.07) is 11.3. The Balaban J connectivity index is 1.88. The van der Waals surface area contributed by atoms with Crippen LogP contribution in [0.15, 0.2) is 42.7 Å². The molecule has 0 unspecified atom stereocenters. The van der Waals surface area contributed by atoms with Crippen molar-refractivity contribution in [1.82, 2.24) is 9.55 Å². The highest BCUT2D eigenvalue weighted by atomic mass is 15.1. The smallest absolute Gasteiger partial charge is 0.140 e. The number of hydrogen-bond donors (Lipinski definition) is 1. The minimum atomic E-state index is 0.393. The maximum atomic E-state index is 5.97. The second-order valence-electron chi connectivity index (χ2n) is 5.09. The molecule has 18 heavy (non-hydrogen) atoms. The van der Waals surface area contributed by atoms with E-state index in [0.717, 1.165) is 31.5 Å². The van der Waals surface area contributed by atoms with Gasteiger partial charge in [0, 0.05) is 30.0 Å². The van der Waals surface area contributed by atoms with E-state index in [1.807, 2.05) is 12.3 Å². The number of imidazole rings is 1. The molecule has 0 saturated heterocycles. The van der Waals surface area contributed by atoms with E-state index in [2.05, 4.69) is 40.0 Å². The SMILES string of the molecule is NC1CCC(n2ccnc2-c2ccccc2)CC1. The first-order chi connectivity index (χ1) is 8.84. The summed E-state index contributed by atoms with van der Waals surface area (Å²) in [7, 11) is 0. The topological polar surface area (TPSA) is 43.8 Å². The summed E-state index contributed by atoms with van der Waals surface area (Å²) in [6.45, 7) is 0. The minimum Gasteiger partial charge on any atom is -0.328 e. The molecule has 1 aliphatic rings. The average Bonchev–Trinajstić information content (AvgIpc) is 2.90. The quantitative estimate of drug-likeness (QED) is 0.878. The van der Waals surface area contributed by atoms with Crippen LogP contribution >= 0.6 is 0 Å². The van der Waals surface area contributed by atoms with Gasteiger partial charge in [-0.1, -0.05) is 30.3 Å². The number of hydrogen-bond acceptors (Lipinski definition) is 2. The van der Waals surface area contributed by atoms with Crippen molar-refractivity contribution in [2.45, 2.75) is 37.8 Å². The van der Waals surface area contributed by atoms with Gasteiger partial charge in [0.15, 0.2) is 0 Å². The standard InChI is InChI=1S/C15H19N3/c16-13-6-8-14(9-7-13)18-11-10-17-15(18)12-4-2-1-3-5-12/h1-5,10-11,13-14H,6-9,16H2. The number of benzene rings is 1. The van der Waals surface area contributed by atoms with Gasteiger partial charge in [0.25, 0.3) is 0 Å². The molecule has 1 saturated carbocycles. The number of nitrogens with two attached hydrogens (primary N) is 1. The van der Waals surface area contributed by atoms with E-state index in [1.54, 1.807) is 0 Å². The molecule has 0 bridgehead atoms. The second-order valence-corrected chi connectivity index (χ2v) is 5.09. The molecule has 94 valence electrons. The molecule has 0 radical (unpaired) electrons. The zero-order valence-electron chi connectivity index (χ0n) is 10.5. The highest BCUT2D eigenvalue weighted by molar-refractivity contribution is 5.55. The number of rotatable bonds is 2. The molecule has 2 aromatic rings. The fourth-order valence-electron chi connectivity index (χ4n) is 2.80. The third kappa shape index (κ3) is 2.18. The Morgan fingerprint density at radius 1 is 1.06 bits per heavy atom. The molecule has 1 fully saturated rings. The zero-order valence-corrected chi connectivity index (χ0v) is 10.5. The summed E-state index contributed by atoms with van der Waals surface area (Å²) in [4.78, 5) is 4.51. The maximum Gasteiger partial charge on any atom is 0.140 e. The van der Waals surface area contributed by atoms with Gasteiger partial charge < -0.3 is 10.3 Å². The van der Waals surface area contributed by atoms with Crippen molar-refractivity contribution in [3.05, 3.63) is 42.7 Å². The molecule has 0 aliphatic heterocycles. The van der Waals surface area contributed by atoms with Gasteiger partial charge in [-0.15, -0.1) is 0 Å². The van der Waals surface area contributed by atoms with Crippen LogP contribution in [-0.2, 0) is 0 Å². The van der Waals surface area contributed by atoms with E-state index in [-0.39, 0.29) is 0 Å². The van der Waals surface area contributed by atoms with Crippen molar-refractivity contribution in [2.75, 3.05) is 0 Å². The van der Waals surface area contributed by atoms with Crippen LogP contribution in [0.4, 0.5) is 0 Å². The third-order valence-corrected chi connectivity index (χ3v) is 3.84. The summed E-state index contributed by atoms with van der Waals surface area (Å²) in [6.07, 6.45) is 8.57. The fourth-order valence-corrected chi connectivity index (χ4v) is 2.80. The largest absolute Gasteiger partial charge is 0.328 e. The molecule has 3 nitrogen and oxygen atoms in total. The van der Waals surface area contributed by atoms with Gasteiger partial charge in [0.1, 0.15) is 5.82 Å². The molecule has 0 spiro atoms. The van der Waals surface area contributed by atoms with Crippen molar-refractivity contribution in [2.24, 2.45) is 5.73 Å². The third-order valence-electron chi connectivity index (χ3n) is 3.84. The van der Waals surface area contributed by atoms with E-state index in [9.17, 15) is 0 Å². The van der Waals surface area contributed by atoms with Crippen LogP contribution in [0.5, 0.6) is 0 Å². The lowest BCUT2D eigenvalue weighted by Crippen LogP contribution is -2.27. The van der Waals surface area contributed by atoms with Crippen molar-refractivity contribution >= 4 is 0 Å². The van der Waals surface area contributed by atoms with E-state index in [1.165, 1.54) is 5.56 Å². The summed E-state index contributed by atoms with van der Waals surface area (Å²) in [5.74, 6) is 1.08. The zero-order chi connectivity index (χ0) is 12.4. The molecule has 1 aromatic carbocycles. The van der Waals surface area contributed by atoms with Gasteiger partial charge in [0.2, 0.25) is 0 Å². The van der Waals surface area contributed by atoms with Gasteiger partial charge in [0.05, 0.1) is 0 Å². The van der Waals surface area contributed by atoms with Gasteiger partial charge in [-0.3, -0.25) is 0 Å². The van der Waals surface area contributed by atoms with Crippen LogP contribution in [0, 0.1) is 0 Å². The molecule has 3 rings (SSSR count). The summed E-state index contributed by atoms with van der Waals surface area (Å²) in [5, 5.41) is 0. The van der Waals surface area contributed by atoms with Crippen molar-refractivity contribution in [3.8, 4) is 11.4 Å². The molecule has 3 heteroatoms. The first-order valence-corrected chi connectivity index (χ1v) is 6.68. The fraction of sp³-hybridized carbons (Fsp3) is 0.400. The highest BCUT2D eigenvalue weighted by Gasteiger charge is 2.21. The number of nitrogens with zero attached hydrogens (tertiary/aromatic N) is 2. The molecule has 1 aliphatic carbocycles. The molecule has 1 heterocycles. The van der Waals surface area contributed by atoms with E-state index >= 15 is 0 Å². The molecule has 0 amide bonds. The lowest BCUT2D eigenvalue weighted by atomic mass is 9.91. The van der Waals surface area contributed by atoms with Crippen molar-refractivity contribution < 1.29 is 0 Å². The summed E-state index contributed by atoms with van der Waals surface area (Å²) < 4.78 is 2.32. The highest BCUT2D eigenvalue weighted by Crippen LogP contribution is 2.31. The van der Waals surface area contributed by atoms with Crippen LogP contribution in [-0.4, -0.2) is 15.6 Å². The van der Waals surface area contributed by atoms with E-state index < -0.39 is 0 Å². The Kier molecular flexibility index (Phi) is 3.15. The van der Waals surface area contributed by atoms with Gasteiger partial charge in [-0.25, -0.2) is 4.98 Å². The molecular formula is C15H19N3. The Hall–Kier alpha value is -1.61. The summed E-state index contributed by atoms with van der Waals surface area (Å²) in [5.41, 5.74) is 7.17. The minimum absolute atomic E-state index is 0.393. The lowest BCUT2D eigenvalue weighted by Gasteiger charge is -2.28. The Morgan fingerprint density at radius 3 is 2.50 bits per heavy atom. The predicted octanol–water partition coefficient (Wildman–Crippen LogP) is 2.99. The molecular weight excluding hydrogens is 222 g/mol. The van der Waals surface area contributed by atoms with Crippen LogP contribution in [0.2, 0.25) is 0 Å². The van der Waals surface area contributed by atoms with Gasteiger partial charge in [-0.2, -0.15) is 0 Å².